The van der Waals surface area contributed by atoms with Crippen molar-refractivity contribution in [1.82, 2.24) is 4.90 Å². The quantitative estimate of drug-likeness (QED) is 0.335. The van der Waals surface area contributed by atoms with E-state index in [1.54, 1.807) is 60.5 Å². The van der Waals surface area contributed by atoms with E-state index < -0.39 is 24.3 Å². The maximum Gasteiger partial charge on any atom is 0.264 e. The number of para-hydroxylation sites is 3. The Morgan fingerprint density at radius 3 is 2.08 bits per heavy atom. The molecule has 0 saturated carbocycles. The van der Waals surface area contributed by atoms with Crippen LogP contribution < -0.4 is 14.5 Å². The van der Waals surface area contributed by atoms with Crippen LogP contribution in [0.2, 0.25) is 0 Å². The van der Waals surface area contributed by atoms with Crippen LogP contribution >= 0.6 is 0 Å². The summed E-state index contributed by atoms with van der Waals surface area (Å²) in [5.74, 6) is -0.896. The summed E-state index contributed by atoms with van der Waals surface area (Å²) in [5.41, 5.74) is 1.82. The fourth-order valence-corrected chi connectivity index (χ4v) is 4.37. The normalized spacial score (nSPS) is 13.2. The Hall–Kier alpha value is -4.46. The molecule has 0 fully saturated rings. The number of anilines is 2. The first-order chi connectivity index (χ1) is 18.8. The van der Waals surface area contributed by atoms with E-state index in [1.165, 1.54) is 4.90 Å². The molecule has 3 aromatic rings. The molecule has 39 heavy (non-hydrogen) atoms. The number of carbonyl (C=O) groups excluding carboxylic acids is 4. The molecule has 0 aromatic heterocycles. The van der Waals surface area contributed by atoms with Gasteiger partial charge in [0, 0.05) is 19.3 Å². The van der Waals surface area contributed by atoms with Crippen molar-refractivity contribution in [3.8, 4) is 5.75 Å². The van der Waals surface area contributed by atoms with Crippen molar-refractivity contribution in [1.29, 1.82) is 0 Å². The van der Waals surface area contributed by atoms with Gasteiger partial charge in [0.25, 0.3) is 17.7 Å². The molecule has 4 amide bonds. The molecule has 202 valence electrons. The van der Waals surface area contributed by atoms with E-state index in [0.29, 0.717) is 41.4 Å². The second kappa shape index (κ2) is 12.4. The summed E-state index contributed by atoms with van der Waals surface area (Å²) in [6.45, 7) is 3.94. The SMILES string of the molecule is CCC(C)CCN(C(=O)CN1C(=O)c2ccccc2C1=O)c1ccccc1OCC(=O)N(C)c1ccccc1. The predicted molar refractivity (Wildman–Crippen MR) is 150 cm³/mol. The number of rotatable bonds is 11. The third-order valence-corrected chi connectivity index (χ3v) is 7.04. The van der Waals surface area contributed by atoms with Gasteiger partial charge in [-0.15, -0.1) is 0 Å². The van der Waals surface area contributed by atoms with Gasteiger partial charge in [-0.1, -0.05) is 62.7 Å². The summed E-state index contributed by atoms with van der Waals surface area (Å²) in [7, 11) is 1.68. The van der Waals surface area contributed by atoms with Gasteiger partial charge in [0.05, 0.1) is 16.8 Å². The summed E-state index contributed by atoms with van der Waals surface area (Å²) in [6, 6.07) is 22.8. The number of imide groups is 1. The minimum atomic E-state index is -0.482. The lowest BCUT2D eigenvalue weighted by atomic mass is 10.0. The fourth-order valence-electron chi connectivity index (χ4n) is 4.37. The maximum atomic E-state index is 13.7. The molecule has 0 saturated heterocycles. The van der Waals surface area contributed by atoms with Gasteiger partial charge in [0.1, 0.15) is 12.3 Å². The molecule has 3 aromatic carbocycles. The highest BCUT2D eigenvalue weighted by molar-refractivity contribution is 6.22. The van der Waals surface area contributed by atoms with Crippen LogP contribution in [0.3, 0.4) is 0 Å². The molecule has 1 aliphatic rings. The third kappa shape index (κ3) is 6.17. The molecule has 1 atom stereocenters. The highest BCUT2D eigenvalue weighted by Gasteiger charge is 2.37. The smallest absolute Gasteiger partial charge is 0.264 e. The average Bonchev–Trinajstić information content (AvgIpc) is 3.21. The van der Waals surface area contributed by atoms with Crippen LogP contribution in [0.5, 0.6) is 5.75 Å². The second-order valence-corrected chi connectivity index (χ2v) is 9.63. The summed E-state index contributed by atoms with van der Waals surface area (Å²) >= 11 is 0. The van der Waals surface area contributed by atoms with E-state index >= 15 is 0 Å². The van der Waals surface area contributed by atoms with Gasteiger partial charge in [-0.05, 0) is 48.7 Å². The van der Waals surface area contributed by atoms with Crippen LogP contribution in [0.4, 0.5) is 11.4 Å². The number of hydrogen-bond donors (Lipinski definition) is 0. The summed E-state index contributed by atoms with van der Waals surface area (Å²) in [5, 5.41) is 0. The summed E-state index contributed by atoms with van der Waals surface area (Å²) in [4.78, 5) is 56.4. The Balaban J connectivity index is 1.54. The monoisotopic (exact) mass is 527 g/mol. The van der Waals surface area contributed by atoms with Gasteiger partial charge < -0.3 is 14.5 Å². The van der Waals surface area contributed by atoms with E-state index in [4.69, 9.17) is 4.74 Å². The molecule has 4 rings (SSSR count). The Morgan fingerprint density at radius 2 is 1.44 bits per heavy atom. The number of ether oxygens (including phenoxy) is 1. The van der Waals surface area contributed by atoms with Gasteiger partial charge in [-0.2, -0.15) is 0 Å². The molecule has 8 heteroatoms. The highest BCUT2D eigenvalue weighted by atomic mass is 16.5. The highest BCUT2D eigenvalue weighted by Crippen LogP contribution is 2.30. The van der Waals surface area contributed by atoms with Crippen molar-refractivity contribution in [2.75, 3.05) is 36.5 Å². The number of likely N-dealkylation sites (N-methyl/N-ethyl adjacent to an activating group) is 1. The first-order valence-electron chi connectivity index (χ1n) is 13.1. The Morgan fingerprint density at radius 1 is 0.846 bits per heavy atom. The van der Waals surface area contributed by atoms with Crippen molar-refractivity contribution >= 4 is 35.0 Å². The van der Waals surface area contributed by atoms with E-state index in [0.717, 1.165) is 17.0 Å². The Bertz CT molecular complexity index is 1320. The van der Waals surface area contributed by atoms with Gasteiger partial charge in [-0.3, -0.25) is 24.1 Å². The minimum absolute atomic E-state index is 0.228. The zero-order chi connectivity index (χ0) is 27.9. The molecule has 0 radical (unpaired) electrons. The number of hydrogen-bond acceptors (Lipinski definition) is 5. The van der Waals surface area contributed by atoms with Crippen LogP contribution in [0.25, 0.3) is 0 Å². The van der Waals surface area contributed by atoms with Gasteiger partial charge in [0.15, 0.2) is 6.61 Å². The van der Waals surface area contributed by atoms with Crippen LogP contribution in [-0.2, 0) is 9.59 Å². The Kier molecular flexibility index (Phi) is 8.76. The van der Waals surface area contributed by atoms with Crippen molar-refractivity contribution in [2.24, 2.45) is 5.92 Å². The summed E-state index contributed by atoms with van der Waals surface area (Å²) < 4.78 is 5.94. The van der Waals surface area contributed by atoms with Crippen molar-refractivity contribution in [3.63, 3.8) is 0 Å². The largest absolute Gasteiger partial charge is 0.482 e. The molecule has 1 aliphatic heterocycles. The first kappa shape index (κ1) is 27.6. The van der Waals surface area contributed by atoms with Crippen molar-refractivity contribution in [3.05, 3.63) is 90.0 Å². The van der Waals surface area contributed by atoms with Crippen LogP contribution in [0, 0.1) is 5.92 Å². The number of fused-ring (bicyclic) bond motifs is 1. The van der Waals surface area contributed by atoms with Crippen LogP contribution in [0.1, 0.15) is 47.4 Å². The molecule has 0 bridgehead atoms. The van der Waals surface area contributed by atoms with E-state index in [-0.39, 0.29) is 12.5 Å². The van der Waals surface area contributed by atoms with E-state index in [9.17, 15) is 19.2 Å². The van der Waals surface area contributed by atoms with Gasteiger partial charge in [0.2, 0.25) is 5.91 Å². The molecular weight excluding hydrogens is 494 g/mol. The topological polar surface area (TPSA) is 87.2 Å². The molecular formula is C31H33N3O5. The lowest BCUT2D eigenvalue weighted by molar-refractivity contribution is -0.120. The number of nitrogens with zero attached hydrogens (tertiary/aromatic N) is 3. The second-order valence-electron chi connectivity index (χ2n) is 9.63. The molecule has 0 N–H and O–H groups in total. The van der Waals surface area contributed by atoms with E-state index in [2.05, 4.69) is 13.8 Å². The zero-order valence-electron chi connectivity index (χ0n) is 22.5. The number of carbonyl (C=O) groups is 4. The third-order valence-electron chi connectivity index (χ3n) is 7.04. The molecule has 1 unspecified atom stereocenters. The van der Waals surface area contributed by atoms with E-state index in [1.807, 2.05) is 30.3 Å². The maximum absolute atomic E-state index is 13.7. The molecule has 0 aliphatic carbocycles. The standard InChI is InChI=1S/C31H33N3O5/c1-4-22(2)18-19-33(28(35)20-34-30(37)24-14-8-9-15-25(24)31(34)38)26-16-10-11-17-27(26)39-21-29(36)32(3)23-12-6-5-7-13-23/h5-17,22H,4,18-21H2,1-3H3. The van der Waals surface area contributed by atoms with Gasteiger partial charge >= 0.3 is 0 Å². The first-order valence-corrected chi connectivity index (χ1v) is 13.1. The van der Waals surface area contributed by atoms with Crippen molar-refractivity contribution < 1.29 is 23.9 Å². The molecule has 0 spiro atoms. The number of amides is 4. The van der Waals surface area contributed by atoms with Crippen molar-refractivity contribution in [2.45, 2.75) is 26.7 Å². The minimum Gasteiger partial charge on any atom is -0.482 e. The van der Waals surface area contributed by atoms with Gasteiger partial charge in [-0.25, -0.2) is 0 Å². The van der Waals surface area contributed by atoms with Crippen LogP contribution in [0.15, 0.2) is 78.9 Å². The lowest BCUT2D eigenvalue weighted by Crippen LogP contribution is -2.43. The summed E-state index contributed by atoms with van der Waals surface area (Å²) in [6.07, 6.45) is 1.66. The average molecular weight is 528 g/mol. The number of benzene rings is 3. The van der Waals surface area contributed by atoms with Crippen LogP contribution in [-0.4, -0.2) is 55.3 Å². The Labute approximate surface area is 228 Å². The molecule has 1 heterocycles. The fraction of sp³-hybridized carbons (Fsp3) is 0.290. The molecule has 8 nitrogen and oxygen atoms in total. The lowest BCUT2D eigenvalue weighted by Gasteiger charge is -2.28. The predicted octanol–water partition coefficient (Wildman–Crippen LogP) is 4.79. The zero-order valence-corrected chi connectivity index (χ0v) is 22.5.